The average Bonchev–Trinajstić information content (AvgIpc) is 2.89. The molecule has 5 rings (SSSR count). The minimum absolute atomic E-state index is 0.643. The molecule has 0 aliphatic carbocycles. The average molecular weight is 545 g/mol. The second-order valence-corrected chi connectivity index (χ2v) is 8.87. The number of aliphatic carboxylic acids is 1. The van der Waals surface area contributed by atoms with Crippen LogP contribution in [0.4, 0.5) is 30.5 Å². The molecule has 198 valence electrons. The number of nitrogens with zero attached hydrogens (tertiary/aromatic N) is 5. The Morgan fingerprint density at radius 3 is 2.34 bits per heavy atom. The summed E-state index contributed by atoms with van der Waals surface area (Å²) in [6.07, 6.45) is -3.34. The van der Waals surface area contributed by atoms with E-state index >= 15 is 0 Å². The molecule has 2 aromatic carbocycles. The third kappa shape index (κ3) is 7.30. The normalized spacial score (nSPS) is 14.1. The summed E-state index contributed by atoms with van der Waals surface area (Å²) in [5.74, 6) is -1.15. The van der Waals surface area contributed by atoms with Gasteiger partial charge in [0.05, 0.1) is 0 Å². The van der Waals surface area contributed by atoms with E-state index < -0.39 is 12.1 Å². The molecule has 0 spiro atoms. The number of halogens is 4. The number of para-hydroxylation sites is 1. The highest BCUT2D eigenvalue weighted by molar-refractivity contribution is 6.30. The van der Waals surface area contributed by atoms with E-state index in [0.717, 1.165) is 60.6 Å². The molecule has 8 nitrogen and oxygen atoms in total. The number of rotatable bonds is 5. The number of benzene rings is 2. The fourth-order valence-electron chi connectivity index (χ4n) is 3.86. The smallest absolute Gasteiger partial charge is 0.475 e. The first kappa shape index (κ1) is 27.1. The van der Waals surface area contributed by atoms with Crippen LogP contribution in [-0.2, 0) is 11.3 Å². The Bertz CT molecular complexity index is 1380. The van der Waals surface area contributed by atoms with Gasteiger partial charge in [-0.3, -0.25) is 4.90 Å². The number of alkyl halides is 3. The third-order valence-electron chi connectivity index (χ3n) is 5.67. The van der Waals surface area contributed by atoms with Gasteiger partial charge in [0, 0.05) is 49.6 Å². The van der Waals surface area contributed by atoms with E-state index in [4.69, 9.17) is 31.5 Å². The molecule has 0 bridgehead atoms. The van der Waals surface area contributed by atoms with E-state index in [0.29, 0.717) is 5.65 Å². The lowest BCUT2D eigenvalue weighted by molar-refractivity contribution is -0.192. The zero-order chi connectivity index (χ0) is 27.1. The van der Waals surface area contributed by atoms with Crippen molar-refractivity contribution in [3.63, 3.8) is 0 Å². The number of piperazine rings is 1. The van der Waals surface area contributed by atoms with Gasteiger partial charge in [-0.05, 0) is 42.0 Å². The lowest BCUT2D eigenvalue weighted by Gasteiger charge is -2.36. The summed E-state index contributed by atoms with van der Waals surface area (Å²) in [5.41, 5.74) is 3.67. The van der Waals surface area contributed by atoms with Crippen molar-refractivity contribution in [3.8, 4) is 0 Å². The van der Waals surface area contributed by atoms with E-state index in [1.807, 2.05) is 60.7 Å². The number of nitrogens with one attached hydrogen (secondary N) is 1. The Hall–Kier alpha value is -3.96. The maximum atomic E-state index is 10.6. The molecule has 1 aliphatic rings. The molecule has 4 aromatic rings. The maximum Gasteiger partial charge on any atom is 0.490 e. The van der Waals surface area contributed by atoms with E-state index in [2.05, 4.69) is 26.2 Å². The number of aromatic nitrogens is 3. The first-order chi connectivity index (χ1) is 18.2. The highest BCUT2D eigenvalue weighted by Crippen LogP contribution is 2.28. The predicted octanol–water partition coefficient (Wildman–Crippen LogP) is 5.38. The van der Waals surface area contributed by atoms with Gasteiger partial charge in [0.15, 0.2) is 17.3 Å². The summed E-state index contributed by atoms with van der Waals surface area (Å²) in [6, 6.07) is 22.0. The summed E-state index contributed by atoms with van der Waals surface area (Å²) in [7, 11) is 0. The molecule has 1 aliphatic heterocycles. The van der Waals surface area contributed by atoms with Crippen LogP contribution in [0.5, 0.6) is 0 Å². The van der Waals surface area contributed by atoms with Crippen molar-refractivity contribution in [3.05, 3.63) is 83.5 Å². The van der Waals surface area contributed by atoms with E-state index in [9.17, 15) is 13.2 Å². The first-order valence-corrected chi connectivity index (χ1v) is 12.0. The van der Waals surface area contributed by atoms with Crippen LogP contribution in [0.1, 0.15) is 5.56 Å². The topological polar surface area (TPSA) is 94.5 Å². The predicted molar refractivity (Wildman–Crippen MR) is 140 cm³/mol. The molecule has 12 heteroatoms. The zero-order valence-corrected chi connectivity index (χ0v) is 20.8. The molecular formula is C26H24ClF3N6O2. The van der Waals surface area contributed by atoms with Crippen LogP contribution in [0.25, 0.3) is 11.2 Å². The number of pyridine rings is 1. The molecule has 1 fully saturated rings. The molecule has 0 amide bonds. The summed E-state index contributed by atoms with van der Waals surface area (Å²) >= 11 is 6.14. The molecule has 2 aromatic heterocycles. The fraction of sp³-hybridized carbons (Fsp3) is 0.231. The zero-order valence-electron chi connectivity index (χ0n) is 20.1. The number of carboxylic acid groups (broad SMARTS) is 1. The van der Waals surface area contributed by atoms with Crippen LogP contribution in [0, 0.1) is 0 Å². The minimum atomic E-state index is -5.08. The quantitative estimate of drug-likeness (QED) is 0.346. The van der Waals surface area contributed by atoms with Crippen LogP contribution in [0.15, 0.2) is 72.9 Å². The molecule has 0 unspecified atom stereocenters. The van der Waals surface area contributed by atoms with Gasteiger partial charge in [-0.2, -0.15) is 13.2 Å². The van der Waals surface area contributed by atoms with Crippen molar-refractivity contribution >= 4 is 46.1 Å². The Balaban J connectivity index is 0.000000426. The number of carbonyl (C=O) groups is 1. The summed E-state index contributed by atoms with van der Waals surface area (Å²) in [5, 5.41) is 11.3. The van der Waals surface area contributed by atoms with Crippen molar-refractivity contribution in [2.24, 2.45) is 0 Å². The van der Waals surface area contributed by atoms with Gasteiger partial charge in [-0.25, -0.2) is 19.7 Å². The highest BCUT2D eigenvalue weighted by Gasteiger charge is 2.38. The maximum absolute atomic E-state index is 10.6. The van der Waals surface area contributed by atoms with Gasteiger partial charge in [0.25, 0.3) is 0 Å². The fourth-order valence-corrected chi connectivity index (χ4v) is 4.07. The van der Waals surface area contributed by atoms with E-state index in [1.54, 1.807) is 6.20 Å². The van der Waals surface area contributed by atoms with Gasteiger partial charge in [0.2, 0.25) is 0 Å². The first-order valence-electron chi connectivity index (χ1n) is 11.7. The van der Waals surface area contributed by atoms with Crippen molar-refractivity contribution in [2.75, 3.05) is 36.4 Å². The Kier molecular flexibility index (Phi) is 8.59. The summed E-state index contributed by atoms with van der Waals surface area (Å²) < 4.78 is 31.7. The van der Waals surface area contributed by atoms with Crippen LogP contribution >= 0.6 is 11.6 Å². The second kappa shape index (κ2) is 12.1. The molecule has 0 radical (unpaired) electrons. The summed E-state index contributed by atoms with van der Waals surface area (Å²) in [4.78, 5) is 27.7. The molecule has 2 N–H and O–H groups in total. The lowest BCUT2D eigenvalue weighted by atomic mass is 10.2. The van der Waals surface area contributed by atoms with E-state index in [-0.39, 0.29) is 0 Å². The minimum Gasteiger partial charge on any atom is -0.475 e. The van der Waals surface area contributed by atoms with Crippen molar-refractivity contribution in [2.45, 2.75) is 12.7 Å². The van der Waals surface area contributed by atoms with Crippen LogP contribution in [0.2, 0.25) is 5.02 Å². The van der Waals surface area contributed by atoms with Crippen LogP contribution < -0.4 is 10.2 Å². The Morgan fingerprint density at radius 2 is 1.68 bits per heavy atom. The molecule has 38 heavy (non-hydrogen) atoms. The summed E-state index contributed by atoms with van der Waals surface area (Å²) in [6.45, 7) is 4.56. The van der Waals surface area contributed by atoms with Crippen LogP contribution in [0.3, 0.4) is 0 Å². The molecule has 1 saturated heterocycles. The standard InChI is InChI=1S/C24H23ClN6.C2HF3O2/c25-19-7-4-6-18(16-19)17-30-12-14-31(15-13-30)24-23(27-20-8-2-1-3-9-20)29-22-21(28-24)10-5-11-26-22;3-2(4,5)1(6)7/h1-11,16H,12-15,17H2,(H,26,27,29);(H,6,7). The molecule has 3 heterocycles. The number of hydrogen-bond acceptors (Lipinski definition) is 7. The van der Waals surface area contributed by atoms with Gasteiger partial charge >= 0.3 is 12.1 Å². The Labute approximate surface area is 221 Å². The number of carboxylic acids is 1. The van der Waals surface area contributed by atoms with Gasteiger partial charge < -0.3 is 15.3 Å². The third-order valence-corrected chi connectivity index (χ3v) is 5.90. The molecule has 0 saturated carbocycles. The number of anilines is 3. The molecular weight excluding hydrogens is 521 g/mol. The van der Waals surface area contributed by atoms with Crippen LogP contribution in [-0.4, -0.2) is 63.3 Å². The highest BCUT2D eigenvalue weighted by atomic mass is 35.5. The van der Waals surface area contributed by atoms with Crippen molar-refractivity contribution in [1.29, 1.82) is 0 Å². The number of fused-ring (bicyclic) bond motifs is 1. The second-order valence-electron chi connectivity index (χ2n) is 8.43. The lowest BCUT2D eigenvalue weighted by Crippen LogP contribution is -2.46. The number of hydrogen-bond donors (Lipinski definition) is 2. The monoisotopic (exact) mass is 544 g/mol. The van der Waals surface area contributed by atoms with Crippen molar-refractivity contribution in [1.82, 2.24) is 19.9 Å². The van der Waals surface area contributed by atoms with E-state index in [1.165, 1.54) is 5.56 Å². The van der Waals surface area contributed by atoms with Gasteiger partial charge in [-0.15, -0.1) is 0 Å². The largest absolute Gasteiger partial charge is 0.490 e. The molecule has 0 atom stereocenters. The van der Waals surface area contributed by atoms with Crippen molar-refractivity contribution < 1.29 is 23.1 Å². The SMILES string of the molecule is Clc1cccc(CN2CCN(c3nc4cccnc4nc3Nc3ccccc3)CC2)c1.O=C(O)C(F)(F)F. The Morgan fingerprint density at radius 1 is 0.974 bits per heavy atom. The van der Waals surface area contributed by atoms with Gasteiger partial charge in [-0.1, -0.05) is 41.9 Å². The van der Waals surface area contributed by atoms with Gasteiger partial charge in [0.1, 0.15) is 5.52 Å².